The number of nitrogens with one attached hydrogen (secondary N) is 1. The summed E-state index contributed by atoms with van der Waals surface area (Å²) in [5.41, 5.74) is -0.573. The normalized spacial score (nSPS) is 19.2. The first-order chi connectivity index (χ1) is 10.2. The molecule has 0 radical (unpaired) electrons. The molecule has 1 aromatic carbocycles. The van der Waals surface area contributed by atoms with E-state index in [1.165, 1.54) is 4.90 Å². The first-order valence-corrected chi connectivity index (χ1v) is 7.41. The van der Waals surface area contributed by atoms with Crippen LogP contribution in [0, 0.1) is 11.6 Å². The summed E-state index contributed by atoms with van der Waals surface area (Å²) >= 11 is 5.58. The average molecular weight is 333 g/mol. The van der Waals surface area contributed by atoms with E-state index in [0.29, 0.717) is 19.6 Å². The van der Waals surface area contributed by atoms with Gasteiger partial charge in [0.05, 0.1) is 11.1 Å². The first kappa shape index (κ1) is 17.0. The summed E-state index contributed by atoms with van der Waals surface area (Å²) in [6.45, 7) is 6.49. The Hall–Kier alpha value is -1.40. The Labute approximate surface area is 133 Å². The fourth-order valence-electron chi connectivity index (χ4n) is 2.31. The summed E-state index contributed by atoms with van der Waals surface area (Å²) in [7, 11) is 0. The molecular formula is C15H19ClF2N2O2. The monoisotopic (exact) mass is 332 g/mol. The number of halogens is 3. The molecule has 0 aromatic heterocycles. The van der Waals surface area contributed by atoms with E-state index < -0.39 is 29.4 Å². The van der Waals surface area contributed by atoms with E-state index in [4.69, 9.17) is 16.3 Å². The molecule has 1 fully saturated rings. The lowest BCUT2D eigenvalue weighted by Crippen LogP contribution is -2.50. The highest BCUT2D eigenvalue weighted by Gasteiger charge is 2.33. The number of hydrogen-bond donors (Lipinski definition) is 1. The second kappa shape index (κ2) is 6.38. The van der Waals surface area contributed by atoms with Crippen molar-refractivity contribution in [1.29, 1.82) is 0 Å². The zero-order valence-corrected chi connectivity index (χ0v) is 13.5. The average Bonchev–Trinajstić information content (AvgIpc) is 2.41. The molecule has 0 spiro atoms. The van der Waals surface area contributed by atoms with Crippen LogP contribution < -0.4 is 5.32 Å². The minimum Gasteiger partial charge on any atom is -0.444 e. The van der Waals surface area contributed by atoms with Crippen molar-refractivity contribution >= 4 is 17.7 Å². The maximum Gasteiger partial charge on any atom is 0.410 e. The fraction of sp³-hybridized carbons (Fsp3) is 0.533. The van der Waals surface area contributed by atoms with Gasteiger partial charge >= 0.3 is 6.09 Å². The van der Waals surface area contributed by atoms with E-state index in [-0.39, 0.29) is 10.6 Å². The van der Waals surface area contributed by atoms with Crippen LogP contribution in [0.1, 0.15) is 32.4 Å². The molecule has 22 heavy (non-hydrogen) atoms. The molecule has 2 rings (SSSR count). The summed E-state index contributed by atoms with van der Waals surface area (Å²) in [5.74, 6) is -1.36. The molecular weight excluding hydrogens is 314 g/mol. The van der Waals surface area contributed by atoms with Crippen molar-refractivity contribution in [1.82, 2.24) is 10.2 Å². The van der Waals surface area contributed by atoms with Gasteiger partial charge < -0.3 is 10.1 Å². The summed E-state index contributed by atoms with van der Waals surface area (Å²) in [6.07, 6.45) is -0.547. The molecule has 1 atom stereocenters. The van der Waals surface area contributed by atoms with Crippen molar-refractivity contribution in [2.75, 3.05) is 19.6 Å². The predicted molar refractivity (Wildman–Crippen MR) is 79.9 cm³/mol. The Balaban J connectivity index is 2.31. The highest BCUT2D eigenvalue weighted by atomic mass is 35.5. The van der Waals surface area contributed by atoms with Gasteiger partial charge in [-0.15, -0.1) is 0 Å². The molecule has 0 bridgehead atoms. The maximum atomic E-state index is 14.1. The Kier molecular flexibility index (Phi) is 4.92. The number of ether oxygens (including phenoxy) is 1. The molecule has 1 aliphatic heterocycles. The van der Waals surface area contributed by atoms with Crippen molar-refractivity contribution in [3.8, 4) is 0 Å². The van der Waals surface area contributed by atoms with Crippen molar-refractivity contribution in [2.45, 2.75) is 32.4 Å². The smallest absolute Gasteiger partial charge is 0.410 e. The van der Waals surface area contributed by atoms with Crippen molar-refractivity contribution in [3.63, 3.8) is 0 Å². The summed E-state index contributed by atoms with van der Waals surface area (Å²) in [6, 6.07) is 1.32. The molecule has 1 N–H and O–H groups in total. The van der Waals surface area contributed by atoms with Crippen LogP contribution in [0.2, 0.25) is 5.02 Å². The van der Waals surface area contributed by atoms with Gasteiger partial charge in [-0.25, -0.2) is 13.6 Å². The number of benzene rings is 1. The molecule has 1 amide bonds. The van der Waals surface area contributed by atoms with Crippen LogP contribution in [0.3, 0.4) is 0 Å². The number of nitrogens with zero attached hydrogens (tertiary/aromatic N) is 1. The van der Waals surface area contributed by atoms with Crippen molar-refractivity contribution in [2.24, 2.45) is 0 Å². The molecule has 0 saturated carbocycles. The van der Waals surface area contributed by atoms with E-state index in [0.717, 1.165) is 12.1 Å². The van der Waals surface area contributed by atoms with E-state index in [2.05, 4.69) is 5.32 Å². The molecule has 122 valence electrons. The Bertz CT molecular complexity index is 575. The quantitative estimate of drug-likeness (QED) is 0.800. The zero-order chi connectivity index (χ0) is 16.5. The highest BCUT2D eigenvalue weighted by molar-refractivity contribution is 6.30. The SMILES string of the molecule is CC(C)(C)OC(=O)N1CCNCC1c1cc(F)c(Cl)cc1F. The van der Waals surface area contributed by atoms with E-state index >= 15 is 0 Å². The Morgan fingerprint density at radius 2 is 2.05 bits per heavy atom. The van der Waals surface area contributed by atoms with Crippen LogP contribution >= 0.6 is 11.6 Å². The standard InChI is InChI=1S/C15H19ClF2N2O2/c1-15(2,3)22-14(21)20-5-4-19-8-13(20)9-6-12(18)10(16)7-11(9)17/h6-7,13,19H,4-5,8H2,1-3H3. The van der Waals surface area contributed by atoms with Crippen LogP contribution in [-0.4, -0.2) is 36.2 Å². The number of hydrogen-bond acceptors (Lipinski definition) is 3. The Morgan fingerprint density at radius 3 is 2.68 bits per heavy atom. The molecule has 7 heteroatoms. The van der Waals surface area contributed by atoms with Crippen LogP contribution in [0.25, 0.3) is 0 Å². The minimum absolute atomic E-state index is 0.0833. The third-order valence-electron chi connectivity index (χ3n) is 3.27. The van der Waals surface area contributed by atoms with Crippen LogP contribution in [-0.2, 0) is 4.74 Å². The number of amides is 1. The van der Waals surface area contributed by atoms with Gasteiger partial charge in [-0.05, 0) is 32.9 Å². The fourth-order valence-corrected chi connectivity index (χ4v) is 2.46. The third kappa shape index (κ3) is 3.87. The topological polar surface area (TPSA) is 41.6 Å². The number of carbonyl (C=O) groups is 1. The molecule has 1 aliphatic rings. The van der Waals surface area contributed by atoms with Gasteiger partial charge in [0.25, 0.3) is 0 Å². The lowest BCUT2D eigenvalue weighted by Gasteiger charge is -2.37. The Morgan fingerprint density at radius 1 is 1.36 bits per heavy atom. The van der Waals surface area contributed by atoms with E-state index in [9.17, 15) is 13.6 Å². The summed E-state index contributed by atoms with van der Waals surface area (Å²) < 4.78 is 33.1. The third-order valence-corrected chi connectivity index (χ3v) is 3.56. The van der Waals surface area contributed by atoms with E-state index in [1.807, 2.05) is 0 Å². The van der Waals surface area contributed by atoms with Crippen LogP contribution in [0.4, 0.5) is 13.6 Å². The molecule has 0 aliphatic carbocycles. The number of carbonyl (C=O) groups excluding carboxylic acids is 1. The van der Waals surface area contributed by atoms with Gasteiger partial charge in [0.2, 0.25) is 0 Å². The summed E-state index contributed by atoms with van der Waals surface area (Å²) in [5, 5.41) is 2.79. The van der Waals surface area contributed by atoms with Crippen molar-refractivity contribution < 1.29 is 18.3 Å². The molecule has 1 aromatic rings. The number of rotatable bonds is 1. The van der Waals surface area contributed by atoms with Gasteiger partial charge in [0, 0.05) is 25.2 Å². The summed E-state index contributed by atoms with van der Waals surface area (Å²) in [4.78, 5) is 13.7. The highest BCUT2D eigenvalue weighted by Crippen LogP contribution is 2.29. The first-order valence-electron chi connectivity index (χ1n) is 7.04. The predicted octanol–water partition coefficient (Wildman–Crippen LogP) is 3.50. The van der Waals surface area contributed by atoms with Gasteiger partial charge in [0.1, 0.15) is 17.2 Å². The van der Waals surface area contributed by atoms with Gasteiger partial charge in [-0.3, -0.25) is 4.90 Å². The van der Waals surface area contributed by atoms with Crippen molar-refractivity contribution in [3.05, 3.63) is 34.4 Å². The second-order valence-corrected chi connectivity index (χ2v) is 6.59. The van der Waals surface area contributed by atoms with Crippen LogP contribution in [0.5, 0.6) is 0 Å². The zero-order valence-electron chi connectivity index (χ0n) is 12.8. The lowest BCUT2D eigenvalue weighted by atomic mass is 10.0. The molecule has 4 nitrogen and oxygen atoms in total. The molecule has 1 saturated heterocycles. The minimum atomic E-state index is -0.715. The van der Waals surface area contributed by atoms with Crippen LogP contribution in [0.15, 0.2) is 12.1 Å². The lowest BCUT2D eigenvalue weighted by molar-refractivity contribution is 0.0114. The number of piperazine rings is 1. The maximum absolute atomic E-state index is 14.1. The van der Waals surface area contributed by atoms with Gasteiger partial charge in [-0.2, -0.15) is 0 Å². The van der Waals surface area contributed by atoms with Gasteiger partial charge in [-0.1, -0.05) is 11.6 Å². The van der Waals surface area contributed by atoms with E-state index in [1.54, 1.807) is 20.8 Å². The second-order valence-electron chi connectivity index (χ2n) is 6.18. The molecule has 1 heterocycles. The van der Waals surface area contributed by atoms with Gasteiger partial charge in [0.15, 0.2) is 0 Å². The largest absolute Gasteiger partial charge is 0.444 e. The molecule has 1 unspecified atom stereocenters.